The van der Waals surface area contributed by atoms with E-state index in [1.54, 1.807) is 13.8 Å². The predicted octanol–water partition coefficient (Wildman–Crippen LogP) is 4.15. The highest BCUT2D eigenvalue weighted by Gasteiger charge is 2.37. The van der Waals surface area contributed by atoms with Gasteiger partial charge in [0.15, 0.2) is 0 Å². The van der Waals surface area contributed by atoms with Crippen LogP contribution >= 0.6 is 17.1 Å². The minimum atomic E-state index is -2.63. The number of carboxylic acids is 1. The molecule has 4 nitrogen and oxygen atoms in total. The average molecular weight is 328 g/mol. The van der Waals surface area contributed by atoms with E-state index in [4.69, 9.17) is 20.9 Å². The average Bonchev–Trinajstić information content (AvgIpc) is 2.23. The number of carbonyl (C=O) groups is 1. The van der Waals surface area contributed by atoms with E-state index in [1.807, 2.05) is 27.7 Å². The molecule has 0 aliphatic carbocycles. The van der Waals surface area contributed by atoms with Crippen molar-refractivity contribution in [3.63, 3.8) is 0 Å². The molecule has 1 N–H and O–H groups in total. The molecule has 0 saturated carbocycles. The Balaban J connectivity index is 4.84. The summed E-state index contributed by atoms with van der Waals surface area (Å²) in [5, 5.41) is 9.20. The van der Waals surface area contributed by atoms with Crippen LogP contribution in [-0.2, 0) is 25.6 Å². The van der Waals surface area contributed by atoms with E-state index in [2.05, 4.69) is 0 Å². The molecule has 0 unspecified atom stereocenters. The lowest BCUT2D eigenvalue weighted by molar-refractivity contribution is -0.138. The third kappa shape index (κ3) is 8.30. The zero-order valence-electron chi connectivity index (χ0n) is 12.5. The van der Waals surface area contributed by atoms with Crippen molar-refractivity contribution in [2.24, 2.45) is 11.8 Å². The molecule has 0 fully saturated rings. The predicted molar refractivity (Wildman–Crippen MR) is 85.2 cm³/mol. The molecule has 0 aromatic carbocycles. The van der Waals surface area contributed by atoms with Crippen molar-refractivity contribution in [1.29, 1.82) is 0 Å². The van der Waals surface area contributed by atoms with E-state index in [1.165, 1.54) is 0 Å². The fourth-order valence-electron chi connectivity index (χ4n) is 0.889. The summed E-state index contributed by atoms with van der Waals surface area (Å²) in [5.74, 6) is -0.245. The molecule has 0 atom stereocenters. The van der Waals surface area contributed by atoms with Gasteiger partial charge in [0, 0.05) is 0 Å². The monoisotopic (exact) mass is 328 g/mol. The van der Waals surface area contributed by atoms with E-state index in [-0.39, 0.29) is 0 Å². The lowest BCUT2D eigenvalue weighted by Gasteiger charge is -2.29. The quantitative estimate of drug-likeness (QED) is 0.642. The highest BCUT2D eigenvalue weighted by molar-refractivity contribution is 8.68. The Hall–Kier alpha value is 0.390. The van der Waals surface area contributed by atoms with Crippen molar-refractivity contribution in [2.75, 3.05) is 13.2 Å². The zero-order valence-corrected chi connectivity index (χ0v) is 15.0. The maximum Gasteiger partial charge on any atom is 0.319 e. The van der Waals surface area contributed by atoms with E-state index >= 15 is 0 Å². The molecule has 0 aromatic rings. The Morgan fingerprint density at radius 3 is 1.84 bits per heavy atom. The molecular weight excluding hydrogens is 303 g/mol. The molecule has 0 rings (SSSR count). The van der Waals surface area contributed by atoms with Gasteiger partial charge in [0.2, 0.25) is 5.69 Å². The Morgan fingerprint density at radius 1 is 1.21 bits per heavy atom. The number of hydrogen-bond donors (Lipinski definition) is 1. The van der Waals surface area contributed by atoms with Gasteiger partial charge in [0.1, 0.15) is 4.75 Å². The lowest BCUT2D eigenvalue weighted by Crippen LogP contribution is -2.27. The molecule has 0 aliphatic heterocycles. The van der Waals surface area contributed by atoms with Gasteiger partial charge < -0.3 is 14.2 Å². The molecule has 0 saturated heterocycles. The summed E-state index contributed by atoms with van der Waals surface area (Å²) < 4.78 is 10.5. The van der Waals surface area contributed by atoms with Gasteiger partial charge in [-0.15, -0.1) is 0 Å². The minimum absolute atomic E-state index is 0.332. The van der Waals surface area contributed by atoms with E-state index in [0.29, 0.717) is 25.0 Å². The third-order valence-electron chi connectivity index (χ3n) is 1.99. The first-order valence-electron chi connectivity index (χ1n) is 6.32. The minimum Gasteiger partial charge on any atom is -0.480 e. The summed E-state index contributed by atoms with van der Waals surface area (Å²) in [5.41, 5.74) is -2.63. The van der Waals surface area contributed by atoms with Crippen molar-refractivity contribution < 1.29 is 18.9 Å². The molecule has 0 amide bonds. The van der Waals surface area contributed by atoms with Crippen LogP contribution in [0, 0.1) is 11.8 Å². The number of rotatable bonds is 9. The Kier molecular flexibility index (Phi) is 8.15. The van der Waals surface area contributed by atoms with Crippen LogP contribution in [0.5, 0.6) is 0 Å². The van der Waals surface area contributed by atoms with Crippen molar-refractivity contribution in [2.45, 2.75) is 46.3 Å². The van der Waals surface area contributed by atoms with Gasteiger partial charge in [-0.2, -0.15) is 0 Å². The van der Waals surface area contributed by atoms with Crippen molar-refractivity contribution in [3.8, 4) is 0 Å². The SMILES string of the molecule is CC(C)COP(=S)(OCC(C)C)SC(C)(C)C(=O)O. The molecular formula is C12H25O4PS2. The van der Waals surface area contributed by atoms with E-state index in [0.717, 1.165) is 11.4 Å². The molecule has 7 heteroatoms. The Labute approximate surface area is 125 Å². The van der Waals surface area contributed by atoms with Crippen LogP contribution in [0.3, 0.4) is 0 Å². The number of aliphatic carboxylic acids is 1. The first-order chi connectivity index (χ1) is 8.48. The second kappa shape index (κ2) is 7.99. The van der Waals surface area contributed by atoms with Gasteiger partial charge in [0.05, 0.1) is 13.2 Å². The van der Waals surface area contributed by atoms with E-state index < -0.39 is 16.4 Å². The molecule has 0 bridgehead atoms. The van der Waals surface area contributed by atoms with Crippen molar-refractivity contribution in [1.82, 2.24) is 0 Å². The van der Waals surface area contributed by atoms with Gasteiger partial charge >= 0.3 is 5.97 Å². The summed E-state index contributed by atoms with van der Waals surface area (Å²) in [6.45, 7) is 12.3. The van der Waals surface area contributed by atoms with Crippen LogP contribution in [0.15, 0.2) is 0 Å². The smallest absolute Gasteiger partial charge is 0.319 e. The number of carboxylic acid groups (broad SMARTS) is 1. The third-order valence-corrected chi connectivity index (χ3v) is 7.75. The second-order valence-corrected chi connectivity index (χ2v) is 12.5. The maximum absolute atomic E-state index is 11.2. The van der Waals surface area contributed by atoms with E-state index in [9.17, 15) is 9.90 Å². The van der Waals surface area contributed by atoms with Crippen LogP contribution in [0.25, 0.3) is 0 Å². The summed E-state index contributed by atoms with van der Waals surface area (Å²) in [7, 11) is 0. The summed E-state index contributed by atoms with van der Waals surface area (Å²) >= 11 is 6.60. The van der Waals surface area contributed by atoms with Crippen molar-refractivity contribution >= 4 is 34.9 Å². The zero-order chi connectivity index (χ0) is 15.3. The van der Waals surface area contributed by atoms with Crippen LogP contribution < -0.4 is 0 Å². The van der Waals surface area contributed by atoms with Crippen LogP contribution in [-0.4, -0.2) is 29.0 Å². The Morgan fingerprint density at radius 2 is 1.58 bits per heavy atom. The highest BCUT2D eigenvalue weighted by atomic mass is 32.9. The molecule has 19 heavy (non-hydrogen) atoms. The highest BCUT2D eigenvalue weighted by Crippen LogP contribution is 2.65. The molecule has 0 radical (unpaired) electrons. The molecule has 0 aliphatic rings. The fraction of sp³-hybridized carbons (Fsp3) is 0.917. The van der Waals surface area contributed by atoms with Crippen LogP contribution in [0.1, 0.15) is 41.5 Å². The first kappa shape index (κ1) is 19.4. The largest absolute Gasteiger partial charge is 0.480 e. The molecule has 0 aromatic heterocycles. The molecule has 114 valence electrons. The van der Waals surface area contributed by atoms with Gasteiger partial charge in [0.25, 0.3) is 0 Å². The van der Waals surface area contributed by atoms with Gasteiger partial charge in [-0.25, -0.2) is 0 Å². The normalized spacial score (nSPS) is 13.3. The van der Waals surface area contributed by atoms with Gasteiger partial charge in [-0.1, -0.05) is 39.1 Å². The summed E-state index contributed by atoms with van der Waals surface area (Å²) in [4.78, 5) is 11.2. The van der Waals surface area contributed by atoms with Crippen LogP contribution in [0.4, 0.5) is 0 Å². The maximum atomic E-state index is 11.2. The van der Waals surface area contributed by atoms with Gasteiger partial charge in [-0.05, 0) is 37.5 Å². The fourth-order valence-corrected chi connectivity index (χ4v) is 7.30. The van der Waals surface area contributed by atoms with Crippen LogP contribution in [0.2, 0.25) is 0 Å². The molecule has 0 heterocycles. The van der Waals surface area contributed by atoms with Gasteiger partial charge in [-0.3, -0.25) is 4.79 Å². The summed E-state index contributed by atoms with van der Waals surface area (Å²) in [6, 6.07) is 0. The summed E-state index contributed by atoms with van der Waals surface area (Å²) in [6.07, 6.45) is 0. The first-order valence-corrected chi connectivity index (χ1v) is 10.4. The lowest BCUT2D eigenvalue weighted by atomic mass is 10.2. The molecule has 0 spiro atoms. The van der Waals surface area contributed by atoms with Crippen molar-refractivity contribution in [3.05, 3.63) is 0 Å². The topological polar surface area (TPSA) is 55.8 Å². The number of hydrogen-bond acceptors (Lipinski definition) is 5. The second-order valence-electron chi connectivity index (χ2n) is 5.73. The Bertz CT molecular complexity index is 327. The standard InChI is InChI=1S/C12H25O4PS2/c1-9(2)7-15-17(18,16-8-10(3)4)19-12(5,6)11(13)14/h9-10H,7-8H2,1-6H3,(H,13,14).